The van der Waals surface area contributed by atoms with Crippen molar-refractivity contribution in [3.05, 3.63) is 0 Å². The molecule has 0 spiro atoms. The molecule has 5 heteroatoms. The molecule has 0 bridgehead atoms. The Hall–Kier alpha value is -1.12. The summed E-state index contributed by atoms with van der Waals surface area (Å²) in [5.74, 6) is -0.0375. The molecule has 0 radical (unpaired) electrons. The summed E-state index contributed by atoms with van der Waals surface area (Å²) in [4.78, 5) is 13.6. The maximum atomic E-state index is 11.3. The zero-order valence-electron chi connectivity index (χ0n) is 11.8. The van der Waals surface area contributed by atoms with Crippen LogP contribution in [0.4, 0.5) is 0 Å². The van der Waals surface area contributed by atoms with Crippen LogP contribution in [0, 0.1) is 11.3 Å². The third-order valence-corrected chi connectivity index (χ3v) is 2.84. The molecule has 0 aromatic heterocycles. The quantitative estimate of drug-likeness (QED) is 0.564. The fourth-order valence-corrected chi connectivity index (χ4v) is 1.39. The molecular formula is C13H26N4O. The van der Waals surface area contributed by atoms with Crippen LogP contribution in [0.2, 0.25) is 0 Å². The van der Waals surface area contributed by atoms with E-state index in [-0.39, 0.29) is 5.91 Å². The van der Waals surface area contributed by atoms with Gasteiger partial charge in [0.05, 0.1) is 19.0 Å². The first kappa shape index (κ1) is 16.9. The third-order valence-electron chi connectivity index (χ3n) is 2.84. The molecule has 0 atom stereocenters. The van der Waals surface area contributed by atoms with Gasteiger partial charge in [0.25, 0.3) is 0 Å². The Balaban J connectivity index is 3.30. The van der Waals surface area contributed by atoms with Crippen LogP contribution in [0.3, 0.4) is 0 Å². The number of nitriles is 1. The van der Waals surface area contributed by atoms with Gasteiger partial charge in [0.2, 0.25) is 5.91 Å². The molecule has 104 valence electrons. The second-order valence-electron chi connectivity index (χ2n) is 4.72. The lowest BCUT2D eigenvalue weighted by atomic mass is 10.2. The Bertz CT molecular complexity index is 260. The molecule has 18 heavy (non-hydrogen) atoms. The maximum Gasteiger partial charge on any atom is 0.233 e. The van der Waals surface area contributed by atoms with Gasteiger partial charge in [0.15, 0.2) is 0 Å². The van der Waals surface area contributed by atoms with Gasteiger partial charge in [0.1, 0.15) is 0 Å². The molecule has 0 fully saturated rings. The standard InChI is InChI=1S/C13H26N4O/c1-12(2)17(3)10-5-4-8-15-11-13(18)16-9-6-7-14/h12,15H,4-6,8-11H2,1-3H3,(H,16,18). The fourth-order valence-electron chi connectivity index (χ4n) is 1.39. The second-order valence-corrected chi connectivity index (χ2v) is 4.72. The van der Waals surface area contributed by atoms with Gasteiger partial charge in [-0.3, -0.25) is 4.79 Å². The van der Waals surface area contributed by atoms with Crippen LogP contribution in [-0.4, -0.2) is 50.1 Å². The van der Waals surface area contributed by atoms with E-state index < -0.39 is 0 Å². The molecule has 0 unspecified atom stereocenters. The summed E-state index contributed by atoms with van der Waals surface area (Å²) in [6.45, 7) is 7.10. The first-order valence-electron chi connectivity index (χ1n) is 6.62. The molecule has 0 aromatic carbocycles. The van der Waals surface area contributed by atoms with Crippen LogP contribution in [0.5, 0.6) is 0 Å². The minimum atomic E-state index is -0.0375. The van der Waals surface area contributed by atoms with Crippen molar-refractivity contribution < 1.29 is 4.79 Å². The summed E-state index contributed by atoms with van der Waals surface area (Å²) < 4.78 is 0. The predicted octanol–water partition coefficient (Wildman–Crippen LogP) is 0.726. The first-order chi connectivity index (χ1) is 8.57. The number of amides is 1. The molecule has 0 saturated heterocycles. The molecule has 0 aliphatic carbocycles. The molecule has 0 rings (SSSR count). The van der Waals surface area contributed by atoms with Crippen LogP contribution < -0.4 is 10.6 Å². The van der Waals surface area contributed by atoms with E-state index in [0.717, 1.165) is 25.9 Å². The van der Waals surface area contributed by atoms with Gasteiger partial charge in [0, 0.05) is 12.6 Å². The second kappa shape index (κ2) is 11.0. The average Bonchev–Trinajstić information content (AvgIpc) is 2.33. The van der Waals surface area contributed by atoms with E-state index in [1.54, 1.807) is 0 Å². The van der Waals surface area contributed by atoms with Gasteiger partial charge in [-0.15, -0.1) is 0 Å². The topological polar surface area (TPSA) is 68.2 Å². The van der Waals surface area contributed by atoms with Crippen LogP contribution in [0.25, 0.3) is 0 Å². The molecule has 0 saturated carbocycles. The highest BCUT2D eigenvalue weighted by molar-refractivity contribution is 5.77. The number of nitrogens with zero attached hydrogens (tertiary/aromatic N) is 2. The van der Waals surface area contributed by atoms with Gasteiger partial charge in [-0.25, -0.2) is 0 Å². The molecule has 0 heterocycles. The maximum absolute atomic E-state index is 11.3. The van der Waals surface area contributed by atoms with Crippen molar-refractivity contribution in [2.75, 3.05) is 33.2 Å². The van der Waals surface area contributed by atoms with Crippen molar-refractivity contribution in [2.24, 2.45) is 0 Å². The summed E-state index contributed by atoms with van der Waals surface area (Å²) in [6, 6.07) is 2.57. The van der Waals surface area contributed by atoms with Crippen molar-refractivity contribution in [3.63, 3.8) is 0 Å². The van der Waals surface area contributed by atoms with E-state index in [9.17, 15) is 4.79 Å². The van der Waals surface area contributed by atoms with E-state index in [4.69, 9.17) is 5.26 Å². The molecule has 0 aliphatic heterocycles. The van der Waals surface area contributed by atoms with Crippen molar-refractivity contribution >= 4 is 5.91 Å². The molecule has 5 nitrogen and oxygen atoms in total. The molecule has 1 amide bonds. The van der Waals surface area contributed by atoms with E-state index >= 15 is 0 Å². The summed E-state index contributed by atoms with van der Waals surface area (Å²) in [7, 11) is 2.13. The van der Waals surface area contributed by atoms with Gasteiger partial charge in [-0.05, 0) is 46.8 Å². The van der Waals surface area contributed by atoms with Crippen molar-refractivity contribution in [1.29, 1.82) is 5.26 Å². The Morgan fingerprint density at radius 1 is 1.33 bits per heavy atom. The minimum Gasteiger partial charge on any atom is -0.354 e. The highest BCUT2D eigenvalue weighted by Gasteiger charge is 2.02. The molecule has 2 N–H and O–H groups in total. The highest BCUT2D eigenvalue weighted by atomic mass is 16.1. The number of carbonyl (C=O) groups is 1. The Morgan fingerprint density at radius 3 is 2.67 bits per heavy atom. The number of carbonyl (C=O) groups excluding carboxylic acids is 1. The zero-order chi connectivity index (χ0) is 13.8. The first-order valence-corrected chi connectivity index (χ1v) is 6.62. The number of unbranched alkanes of at least 4 members (excludes halogenated alkanes) is 1. The van der Waals surface area contributed by atoms with Crippen LogP contribution in [-0.2, 0) is 4.79 Å². The average molecular weight is 254 g/mol. The normalized spacial score (nSPS) is 10.7. The Labute approximate surface area is 111 Å². The largest absolute Gasteiger partial charge is 0.354 e. The third kappa shape index (κ3) is 10.1. The van der Waals surface area contributed by atoms with Crippen LogP contribution in [0.1, 0.15) is 33.1 Å². The van der Waals surface area contributed by atoms with Gasteiger partial charge in [-0.1, -0.05) is 0 Å². The highest BCUT2D eigenvalue weighted by Crippen LogP contribution is 1.96. The van der Waals surface area contributed by atoms with Crippen molar-refractivity contribution in [2.45, 2.75) is 39.2 Å². The number of rotatable bonds is 10. The van der Waals surface area contributed by atoms with Crippen LogP contribution >= 0.6 is 0 Å². The molecule has 0 aromatic rings. The number of hydrogen-bond acceptors (Lipinski definition) is 4. The predicted molar refractivity (Wildman–Crippen MR) is 73.1 cm³/mol. The number of nitrogens with one attached hydrogen (secondary N) is 2. The van der Waals surface area contributed by atoms with E-state index in [1.807, 2.05) is 6.07 Å². The van der Waals surface area contributed by atoms with Gasteiger partial charge in [-0.2, -0.15) is 5.26 Å². The van der Waals surface area contributed by atoms with Gasteiger partial charge < -0.3 is 15.5 Å². The van der Waals surface area contributed by atoms with E-state index in [2.05, 4.69) is 36.4 Å². The van der Waals surface area contributed by atoms with Gasteiger partial charge >= 0.3 is 0 Å². The smallest absolute Gasteiger partial charge is 0.233 e. The fraction of sp³-hybridized carbons (Fsp3) is 0.846. The van der Waals surface area contributed by atoms with Crippen LogP contribution in [0.15, 0.2) is 0 Å². The van der Waals surface area contributed by atoms with E-state index in [0.29, 0.717) is 25.6 Å². The summed E-state index contributed by atoms with van der Waals surface area (Å²) in [5.41, 5.74) is 0. The number of hydrogen-bond donors (Lipinski definition) is 2. The van der Waals surface area contributed by atoms with Crippen molar-refractivity contribution in [1.82, 2.24) is 15.5 Å². The lowest BCUT2D eigenvalue weighted by Crippen LogP contribution is -2.35. The monoisotopic (exact) mass is 254 g/mol. The summed E-state index contributed by atoms with van der Waals surface area (Å²) in [6.07, 6.45) is 2.58. The lowest BCUT2D eigenvalue weighted by Gasteiger charge is -2.20. The Kier molecular flexibility index (Phi) is 10.3. The SMILES string of the molecule is CC(C)N(C)CCCCNCC(=O)NCCC#N. The minimum absolute atomic E-state index is 0.0375. The lowest BCUT2D eigenvalue weighted by molar-refractivity contribution is -0.120. The molecular weight excluding hydrogens is 228 g/mol. The zero-order valence-corrected chi connectivity index (χ0v) is 11.8. The van der Waals surface area contributed by atoms with E-state index in [1.165, 1.54) is 0 Å². The summed E-state index contributed by atoms with van der Waals surface area (Å²) >= 11 is 0. The van der Waals surface area contributed by atoms with Crippen molar-refractivity contribution in [3.8, 4) is 6.07 Å². The Morgan fingerprint density at radius 2 is 2.06 bits per heavy atom. The summed E-state index contributed by atoms with van der Waals surface area (Å²) in [5, 5.41) is 14.1. The molecule has 0 aliphatic rings.